The Morgan fingerprint density at radius 3 is 2.19 bits per heavy atom. The van der Waals surface area contributed by atoms with Crippen LogP contribution < -0.4 is 29.9 Å². The van der Waals surface area contributed by atoms with Gasteiger partial charge in [-0.3, -0.25) is 0 Å². The van der Waals surface area contributed by atoms with Crippen molar-refractivity contribution in [1.82, 2.24) is 0 Å². The summed E-state index contributed by atoms with van der Waals surface area (Å²) in [7, 11) is 3.23. The SMILES string of the molecule is CCOC(=O)c1ccc(N2CCN(c3cccc(OC)c3)CC2)c(NC(=O)Nc2cccc(OC)c2)c1. The number of nitrogens with zero attached hydrogens (tertiary/aromatic N) is 2. The van der Waals surface area contributed by atoms with Crippen LogP contribution in [0.2, 0.25) is 0 Å². The van der Waals surface area contributed by atoms with Gasteiger partial charge in [0, 0.05) is 49.7 Å². The van der Waals surface area contributed by atoms with Gasteiger partial charge in [-0.05, 0) is 49.4 Å². The normalized spacial score (nSPS) is 13.1. The number of urea groups is 1. The molecule has 0 aliphatic carbocycles. The second kappa shape index (κ2) is 12.0. The maximum absolute atomic E-state index is 12.9. The average Bonchev–Trinajstić information content (AvgIpc) is 2.93. The summed E-state index contributed by atoms with van der Waals surface area (Å²) < 4.78 is 15.8. The van der Waals surface area contributed by atoms with E-state index in [4.69, 9.17) is 14.2 Å². The van der Waals surface area contributed by atoms with Gasteiger partial charge >= 0.3 is 12.0 Å². The van der Waals surface area contributed by atoms with Crippen molar-refractivity contribution in [2.45, 2.75) is 6.92 Å². The predicted molar refractivity (Wildman–Crippen MR) is 145 cm³/mol. The first kappa shape index (κ1) is 25.7. The molecule has 3 aromatic rings. The molecule has 1 aliphatic heterocycles. The lowest BCUT2D eigenvalue weighted by atomic mass is 10.1. The van der Waals surface area contributed by atoms with Crippen molar-refractivity contribution in [2.75, 3.05) is 67.4 Å². The van der Waals surface area contributed by atoms with Gasteiger partial charge in [0.25, 0.3) is 0 Å². The maximum atomic E-state index is 12.9. The van der Waals surface area contributed by atoms with E-state index < -0.39 is 12.0 Å². The Morgan fingerprint density at radius 1 is 0.811 bits per heavy atom. The van der Waals surface area contributed by atoms with Crippen LogP contribution in [0, 0.1) is 0 Å². The molecule has 0 spiro atoms. The summed E-state index contributed by atoms with van der Waals surface area (Å²) in [5, 5.41) is 5.74. The molecule has 0 bridgehead atoms. The Labute approximate surface area is 216 Å². The highest BCUT2D eigenvalue weighted by Crippen LogP contribution is 2.30. The van der Waals surface area contributed by atoms with Gasteiger partial charge in [0.1, 0.15) is 11.5 Å². The summed E-state index contributed by atoms with van der Waals surface area (Å²) in [5.74, 6) is 1.02. The minimum absolute atomic E-state index is 0.270. The summed E-state index contributed by atoms with van der Waals surface area (Å²) in [5.41, 5.74) is 3.43. The zero-order chi connectivity index (χ0) is 26.2. The van der Waals surface area contributed by atoms with Gasteiger partial charge in [-0.1, -0.05) is 12.1 Å². The molecule has 0 saturated carbocycles. The van der Waals surface area contributed by atoms with E-state index in [2.05, 4.69) is 26.5 Å². The number of carbonyl (C=O) groups is 2. The van der Waals surface area contributed by atoms with Crippen LogP contribution in [0.25, 0.3) is 0 Å². The van der Waals surface area contributed by atoms with Gasteiger partial charge in [0.15, 0.2) is 0 Å². The molecule has 1 fully saturated rings. The van der Waals surface area contributed by atoms with Crippen molar-refractivity contribution in [2.24, 2.45) is 0 Å². The molecular weight excluding hydrogens is 472 g/mol. The lowest BCUT2D eigenvalue weighted by molar-refractivity contribution is 0.0526. The van der Waals surface area contributed by atoms with E-state index in [0.717, 1.165) is 43.3 Å². The molecule has 1 saturated heterocycles. The number of hydrogen-bond donors (Lipinski definition) is 2. The lowest BCUT2D eigenvalue weighted by Gasteiger charge is -2.38. The second-order valence-corrected chi connectivity index (χ2v) is 8.44. The molecule has 0 radical (unpaired) electrons. The van der Waals surface area contributed by atoms with Crippen molar-refractivity contribution in [3.8, 4) is 11.5 Å². The summed E-state index contributed by atoms with van der Waals surface area (Å²) >= 11 is 0. The van der Waals surface area contributed by atoms with E-state index in [9.17, 15) is 9.59 Å². The van der Waals surface area contributed by atoms with Crippen LogP contribution in [-0.2, 0) is 4.74 Å². The summed E-state index contributed by atoms with van der Waals surface area (Å²) in [6.45, 7) is 5.09. The molecule has 4 rings (SSSR count). The topological polar surface area (TPSA) is 92.4 Å². The Kier molecular flexibility index (Phi) is 8.35. The number of ether oxygens (including phenoxy) is 3. The number of piperazine rings is 1. The van der Waals surface area contributed by atoms with Gasteiger partial charge in [-0.25, -0.2) is 9.59 Å². The summed E-state index contributed by atoms with van der Waals surface area (Å²) in [6.07, 6.45) is 0. The molecular formula is C28H32N4O5. The van der Waals surface area contributed by atoms with Crippen LogP contribution in [-0.4, -0.2) is 59.0 Å². The lowest BCUT2D eigenvalue weighted by Crippen LogP contribution is -2.46. The van der Waals surface area contributed by atoms with E-state index in [0.29, 0.717) is 22.7 Å². The molecule has 0 atom stereocenters. The quantitative estimate of drug-likeness (QED) is 0.424. The van der Waals surface area contributed by atoms with Gasteiger partial charge < -0.3 is 34.6 Å². The second-order valence-electron chi connectivity index (χ2n) is 8.44. The van der Waals surface area contributed by atoms with Crippen LogP contribution >= 0.6 is 0 Å². The van der Waals surface area contributed by atoms with Gasteiger partial charge in [0.05, 0.1) is 37.8 Å². The van der Waals surface area contributed by atoms with Crippen LogP contribution in [0.1, 0.15) is 17.3 Å². The highest BCUT2D eigenvalue weighted by molar-refractivity contribution is 6.03. The molecule has 9 heteroatoms. The fourth-order valence-electron chi connectivity index (χ4n) is 4.25. The number of carbonyl (C=O) groups excluding carboxylic acids is 2. The molecule has 0 aromatic heterocycles. The smallest absolute Gasteiger partial charge is 0.338 e. The molecule has 1 heterocycles. The fraction of sp³-hybridized carbons (Fsp3) is 0.286. The molecule has 37 heavy (non-hydrogen) atoms. The fourth-order valence-corrected chi connectivity index (χ4v) is 4.25. The van der Waals surface area contributed by atoms with E-state index in [1.165, 1.54) is 0 Å². The highest BCUT2D eigenvalue weighted by atomic mass is 16.5. The van der Waals surface area contributed by atoms with E-state index >= 15 is 0 Å². The van der Waals surface area contributed by atoms with Crippen LogP contribution in [0.4, 0.5) is 27.5 Å². The molecule has 3 aromatic carbocycles. The number of nitrogens with one attached hydrogen (secondary N) is 2. The summed E-state index contributed by atoms with van der Waals surface area (Å²) in [6, 6.07) is 19.9. The third-order valence-corrected chi connectivity index (χ3v) is 6.12. The summed E-state index contributed by atoms with van der Waals surface area (Å²) in [4.78, 5) is 29.8. The third kappa shape index (κ3) is 6.43. The minimum Gasteiger partial charge on any atom is -0.497 e. The number of esters is 1. The first-order valence-electron chi connectivity index (χ1n) is 12.2. The van der Waals surface area contributed by atoms with Crippen molar-refractivity contribution in [3.63, 3.8) is 0 Å². The molecule has 0 unspecified atom stereocenters. The zero-order valence-corrected chi connectivity index (χ0v) is 21.3. The number of benzene rings is 3. The first-order valence-corrected chi connectivity index (χ1v) is 12.2. The Morgan fingerprint density at radius 2 is 1.49 bits per heavy atom. The van der Waals surface area contributed by atoms with Crippen molar-refractivity contribution in [3.05, 3.63) is 72.3 Å². The van der Waals surface area contributed by atoms with Crippen LogP contribution in [0.3, 0.4) is 0 Å². The van der Waals surface area contributed by atoms with E-state index in [1.54, 1.807) is 57.5 Å². The van der Waals surface area contributed by atoms with Crippen LogP contribution in [0.5, 0.6) is 11.5 Å². The molecule has 9 nitrogen and oxygen atoms in total. The van der Waals surface area contributed by atoms with Crippen molar-refractivity contribution < 1.29 is 23.8 Å². The van der Waals surface area contributed by atoms with Crippen molar-refractivity contribution in [1.29, 1.82) is 0 Å². The molecule has 194 valence electrons. The molecule has 1 aliphatic rings. The Balaban J connectivity index is 1.52. The largest absolute Gasteiger partial charge is 0.497 e. The van der Waals surface area contributed by atoms with Crippen molar-refractivity contribution >= 4 is 34.7 Å². The predicted octanol–water partition coefficient (Wildman–Crippen LogP) is 4.85. The van der Waals surface area contributed by atoms with Gasteiger partial charge in [0.2, 0.25) is 0 Å². The van der Waals surface area contributed by atoms with Crippen LogP contribution in [0.15, 0.2) is 66.7 Å². The standard InChI is InChI=1S/C28H32N4O5/c1-4-37-27(33)20-11-12-26(25(17-20)30-28(34)29-21-7-5-9-23(18-21)35-2)32-15-13-31(14-16-32)22-8-6-10-24(19-22)36-3/h5-12,17-19H,4,13-16H2,1-3H3,(H2,29,30,34). The number of anilines is 4. The number of amides is 2. The highest BCUT2D eigenvalue weighted by Gasteiger charge is 2.22. The van der Waals surface area contributed by atoms with E-state index in [-0.39, 0.29) is 6.61 Å². The average molecular weight is 505 g/mol. The third-order valence-electron chi connectivity index (χ3n) is 6.12. The van der Waals surface area contributed by atoms with Gasteiger partial charge in [-0.2, -0.15) is 0 Å². The molecule has 2 amide bonds. The zero-order valence-electron chi connectivity index (χ0n) is 21.3. The molecule has 2 N–H and O–H groups in total. The number of methoxy groups -OCH3 is 2. The Hall–Kier alpha value is -4.40. The van der Waals surface area contributed by atoms with Gasteiger partial charge in [-0.15, -0.1) is 0 Å². The first-order chi connectivity index (χ1) is 18.0. The minimum atomic E-state index is -0.437. The monoisotopic (exact) mass is 504 g/mol. The maximum Gasteiger partial charge on any atom is 0.338 e. The number of rotatable bonds is 8. The van der Waals surface area contributed by atoms with E-state index in [1.807, 2.05) is 24.3 Å². The Bertz CT molecular complexity index is 1240. The number of hydrogen-bond acceptors (Lipinski definition) is 7.